The third-order valence-corrected chi connectivity index (χ3v) is 8.18. The van der Waals surface area contributed by atoms with Gasteiger partial charge in [-0.05, 0) is 50.4 Å². The Morgan fingerprint density at radius 1 is 1.21 bits per heavy atom. The van der Waals surface area contributed by atoms with Crippen molar-refractivity contribution in [2.75, 3.05) is 50.1 Å². The molecular weight excluding hydrogens is 596 g/mol. The van der Waals surface area contributed by atoms with E-state index in [4.69, 9.17) is 11.6 Å². The van der Waals surface area contributed by atoms with Gasteiger partial charge >= 0.3 is 6.18 Å². The summed E-state index contributed by atoms with van der Waals surface area (Å²) < 4.78 is 55.2. The smallest absolute Gasteiger partial charge is 0.394 e. The van der Waals surface area contributed by atoms with E-state index in [1.165, 1.54) is 18.3 Å². The molecule has 2 saturated heterocycles. The van der Waals surface area contributed by atoms with Crippen LogP contribution in [0.4, 0.5) is 35.0 Å². The van der Waals surface area contributed by atoms with Gasteiger partial charge < -0.3 is 25.3 Å². The van der Waals surface area contributed by atoms with Crippen molar-refractivity contribution in [3.05, 3.63) is 35.2 Å². The van der Waals surface area contributed by atoms with E-state index in [0.717, 1.165) is 17.2 Å². The monoisotopic (exact) mass is 628 g/mol. The molecule has 5 rings (SSSR count). The van der Waals surface area contributed by atoms with Crippen molar-refractivity contribution < 1.29 is 32.6 Å². The van der Waals surface area contributed by atoms with Crippen LogP contribution in [0.25, 0.3) is 11.0 Å². The highest BCUT2D eigenvalue weighted by Gasteiger charge is 2.37. The number of nitrogens with zero attached hydrogens (tertiary/aromatic N) is 7. The highest BCUT2D eigenvalue weighted by atomic mass is 35.5. The molecule has 1 amide bonds. The molecule has 0 saturated carbocycles. The molecule has 2 atom stereocenters. The van der Waals surface area contributed by atoms with E-state index in [1.807, 2.05) is 9.80 Å². The Hall–Kier alpha value is -3.27. The number of rotatable bonds is 9. The van der Waals surface area contributed by atoms with Gasteiger partial charge in [-0.3, -0.25) is 9.69 Å². The zero-order valence-corrected chi connectivity index (χ0v) is 24.2. The van der Waals surface area contributed by atoms with E-state index in [9.17, 15) is 32.6 Å². The Labute approximate surface area is 250 Å². The third kappa shape index (κ3) is 7.11. The van der Waals surface area contributed by atoms with Gasteiger partial charge in [0.05, 0.1) is 36.0 Å². The van der Waals surface area contributed by atoms with Gasteiger partial charge in [0.2, 0.25) is 11.9 Å². The predicted molar refractivity (Wildman–Crippen MR) is 152 cm³/mol. The first kappa shape index (κ1) is 31.2. The average Bonchev–Trinajstić information content (AvgIpc) is 3.59. The maximum Gasteiger partial charge on any atom is 0.408 e. The van der Waals surface area contributed by atoms with Crippen molar-refractivity contribution in [3.8, 4) is 0 Å². The van der Waals surface area contributed by atoms with Crippen molar-refractivity contribution in [1.29, 1.82) is 0 Å². The van der Waals surface area contributed by atoms with E-state index in [1.54, 1.807) is 11.9 Å². The van der Waals surface area contributed by atoms with Gasteiger partial charge in [-0.15, -0.1) is 0 Å². The Morgan fingerprint density at radius 3 is 2.63 bits per heavy atom. The highest BCUT2D eigenvalue weighted by Crippen LogP contribution is 2.31. The summed E-state index contributed by atoms with van der Waals surface area (Å²) in [4.78, 5) is 27.8. The number of piperidine rings is 1. The van der Waals surface area contributed by atoms with Crippen LogP contribution in [-0.4, -0.2) is 110 Å². The molecule has 1 aromatic carbocycles. The number of anilines is 3. The molecule has 3 aromatic rings. The quantitative estimate of drug-likeness (QED) is 0.307. The standard InChI is InChI=1S/C27H33ClF4N8O3/c1-37(25(43)22-3-2-8-39(22)13-18(42)14-41)17-6-9-38(10-7-17)26-35-23(34-21-5-4-16(28)11-20(21)29)19-12-33-40(24(19)36-26)15-27(30,31)32/h4-5,11-12,17-18,22,41-42H,2-3,6-10,13-15H2,1H3,(H,34,35,36). The molecule has 2 aromatic heterocycles. The fourth-order valence-electron chi connectivity index (χ4n) is 5.71. The summed E-state index contributed by atoms with van der Waals surface area (Å²) in [6.07, 6.45) is -1.63. The van der Waals surface area contributed by atoms with Gasteiger partial charge in [-0.1, -0.05) is 11.6 Å². The number of carbonyl (C=O) groups excluding carboxylic acids is 1. The highest BCUT2D eigenvalue weighted by molar-refractivity contribution is 6.30. The molecule has 4 heterocycles. The molecule has 43 heavy (non-hydrogen) atoms. The summed E-state index contributed by atoms with van der Waals surface area (Å²) in [6.45, 7) is 0.00867. The van der Waals surface area contributed by atoms with Gasteiger partial charge in [0.15, 0.2) is 5.65 Å². The van der Waals surface area contributed by atoms with Crippen LogP contribution in [0.1, 0.15) is 25.7 Å². The summed E-state index contributed by atoms with van der Waals surface area (Å²) >= 11 is 5.86. The van der Waals surface area contributed by atoms with Crippen LogP contribution in [0.15, 0.2) is 24.4 Å². The first-order valence-electron chi connectivity index (χ1n) is 14.0. The van der Waals surface area contributed by atoms with Crippen molar-refractivity contribution in [3.63, 3.8) is 0 Å². The molecular formula is C27H33ClF4N8O3. The van der Waals surface area contributed by atoms with E-state index in [2.05, 4.69) is 20.4 Å². The summed E-state index contributed by atoms with van der Waals surface area (Å²) in [5.41, 5.74) is -0.0229. The Bertz CT molecular complexity index is 1450. The first-order valence-corrected chi connectivity index (χ1v) is 14.4. The van der Waals surface area contributed by atoms with E-state index in [-0.39, 0.29) is 64.7 Å². The molecule has 2 aliphatic rings. The van der Waals surface area contributed by atoms with E-state index in [0.29, 0.717) is 38.9 Å². The Morgan fingerprint density at radius 2 is 1.95 bits per heavy atom. The Kier molecular flexibility index (Phi) is 9.25. The fourth-order valence-corrected chi connectivity index (χ4v) is 5.86. The van der Waals surface area contributed by atoms with Crippen LogP contribution in [-0.2, 0) is 11.3 Å². The predicted octanol–water partition coefficient (Wildman–Crippen LogP) is 3.17. The number of likely N-dealkylation sites (N-methyl/N-ethyl adjacent to an activating group) is 1. The number of benzene rings is 1. The number of aromatic nitrogens is 4. The number of fused-ring (bicyclic) bond motifs is 1. The van der Waals surface area contributed by atoms with Crippen molar-refractivity contribution in [2.45, 2.75) is 56.6 Å². The van der Waals surface area contributed by atoms with Crippen molar-refractivity contribution >= 4 is 46.0 Å². The molecule has 0 bridgehead atoms. The number of aliphatic hydroxyl groups excluding tert-OH is 2. The molecule has 0 aliphatic carbocycles. The summed E-state index contributed by atoms with van der Waals surface area (Å²) in [7, 11) is 1.75. The van der Waals surface area contributed by atoms with Crippen molar-refractivity contribution in [1.82, 2.24) is 29.5 Å². The molecule has 2 fully saturated rings. The van der Waals surface area contributed by atoms with Crippen LogP contribution < -0.4 is 10.2 Å². The van der Waals surface area contributed by atoms with E-state index >= 15 is 0 Å². The number of alkyl halides is 3. The molecule has 0 spiro atoms. The zero-order chi connectivity index (χ0) is 30.9. The Balaban J connectivity index is 1.34. The van der Waals surface area contributed by atoms with Crippen LogP contribution in [0.2, 0.25) is 5.02 Å². The average molecular weight is 629 g/mol. The number of likely N-dealkylation sites (tertiary alicyclic amines) is 1. The zero-order valence-electron chi connectivity index (χ0n) is 23.4. The summed E-state index contributed by atoms with van der Waals surface area (Å²) in [5.74, 6) is -0.467. The number of hydrogen-bond donors (Lipinski definition) is 3. The molecule has 16 heteroatoms. The maximum atomic E-state index is 14.6. The number of aliphatic hydroxyl groups is 2. The second-order valence-corrected chi connectivity index (χ2v) is 11.4. The molecule has 0 radical (unpaired) electrons. The SMILES string of the molecule is CN(C(=O)C1CCCN1CC(O)CO)C1CCN(c2nc(Nc3ccc(Cl)cc3F)c3cnn(CC(F)(F)F)c3n2)CC1. The fraction of sp³-hybridized carbons (Fsp3) is 0.556. The van der Waals surface area contributed by atoms with Gasteiger partial charge in [0.1, 0.15) is 18.2 Å². The number of nitrogens with one attached hydrogen (secondary N) is 1. The maximum absolute atomic E-state index is 14.6. The minimum Gasteiger partial charge on any atom is -0.394 e. The number of hydrogen-bond acceptors (Lipinski definition) is 9. The topological polar surface area (TPSA) is 123 Å². The molecule has 2 aliphatic heterocycles. The van der Waals surface area contributed by atoms with Gasteiger partial charge in [-0.2, -0.15) is 28.2 Å². The van der Waals surface area contributed by atoms with Gasteiger partial charge in [0, 0.05) is 37.7 Å². The summed E-state index contributed by atoms with van der Waals surface area (Å²) in [6, 6.07) is 3.53. The number of carbonyl (C=O) groups is 1. The lowest BCUT2D eigenvalue weighted by atomic mass is 10.0. The minimum atomic E-state index is -4.54. The van der Waals surface area contributed by atoms with Crippen LogP contribution in [0.3, 0.4) is 0 Å². The van der Waals surface area contributed by atoms with Crippen LogP contribution >= 0.6 is 11.6 Å². The lowest BCUT2D eigenvalue weighted by Crippen LogP contribution is -2.52. The largest absolute Gasteiger partial charge is 0.408 e. The van der Waals surface area contributed by atoms with Gasteiger partial charge in [-0.25, -0.2) is 9.07 Å². The van der Waals surface area contributed by atoms with Gasteiger partial charge in [0.25, 0.3) is 0 Å². The van der Waals surface area contributed by atoms with E-state index < -0.39 is 24.6 Å². The molecule has 2 unspecified atom stereocenters. The second-order valence-electron chi connectivity index (χ2n) is 10.9. The number of amides is 1. The second kappa shape index (κ2) is 12.8. The summed E-state index contributed by atoms with van der Waals surface area (Å²) in [5, 5.41) is 26.2. The minimum absolute atomic E-state index is 0.0326. The number of halogens is 5. The first-order chi connectivity index (χ1) is 20.4. The molecule has 11 nitrogen and oxygen atoms in total. The number of β-amino-alcohol motifs (C(OH)–C–C–N with tert-alkyl or cyclic N) is 1. The molecule has 3 N–H and O–H groups in total. The molecule has 234 valence electrons. The lowest BCUT2D eigenvalue weighted by molar-refractivity contribution is -0.142. The van der Waals surface area contributed by atoms with Crippen LogP contribution in [0.5, 0.6) is 0 Å². The normalized spacial score (nSPS) is 19.3. The lowest BCUT2D eigenvalue weighted by Gasteiger charge is -2.39. The van der Waals surface area contributed by atoms with Crippen LogP contribution in [0, 0.1) is 5.82 Å². The van der Waals surface area contributed by atoms with Crippen molar-refractivity contribution in [2.24, 2.45) is 0 Å². The third-order valence-electron chi connectivity index (χ3n) is 7.95.